The van der Waals surface area contributed by atoms with Crippen LogP contribution in [0.3, 0.4) is 0 Å². The smallest absolute Gasteiger partial charge is 0.356 e. The van der Waals surface area contributed by atoms with Crippen molar-refractivity contribution in [3.05, 3.63) is 35.4 Å². The lowest BCUT2D eigenvalue weighted by molar-refractivity contribution is -0.137. The molecule has 0 aliphatic rings. The Morgan fingerprint density at radius 2 is 1.81 bits per heavy atom. The highest BCUT2D eigenvalue weighted by molar-refractivity contribution is 7.91. The Morgan fingerprint density at radius 1 is 1.19 bits per heavy atom. The van der Waals surface area contributed by atoms with Crippen LogP contribution in [-0.4, -0.2) is 18.6 Å². The normalized spacial score (nSPS) is 12.4. The van der Waals surface area contributed by atoms with E-state index in [0.717, 1.165) is 23.5 Å². The first-order valence-corrected chi connectivity index (χ1v) is 7.79. The van der Waals surface area contributed by atoms with Gasteiger partial charge in [-0.1, -0.05) is 23.5 Å². The Kier molecular flexibility index (Phi) is 4.16. The summed E-state index contributed by atoms with van der Waals surface area (Å²) in [5.41, 5.74) is -0.158. The number of anilines is 1. The van der Waals surface area contributed by atoms with Crippen LogP contribution in [0.25, 0.3) is 0 Å². The highest BCUT2D eigenvalue weighted by Gasteiger charge is 2.29. The summed E-state index contributed by atoms with van der Waals surface area (Å²) in [7, 11) is -3.91. The first kappa shape index (κ1) is 15.7. The molecule has 11 heteroatoms. The fourth-order valence-electron chi connectivity index (χ4n) is 1.39. The van der Waals surface area contributed by atoms with Crippen molar-refractivity contribution in [2.45, 2.75) is 17.1 Å². The van der Waals surface area contributed by atoms with Crippen LogP contribution in [0.2, 0.25) is 0 Å². The van der Waals surface area contributed by atoms with Gasteiger partial charge in [-0.25, -0.2) is 13.6 Å². The number of rotatable bonds is 4. The molecule has 1 aromatic carbocycles. The molecule has 1 heterocycles. The van der Waals surface area contributed by atoms with Crippen LogP contribution >= 0.6 is 11.3 Å². The number of sulfonamides is 1. The van der Waals surface area contributed by atoms with Crippen molar-refractivity contribution in [2.24, 2.45) is 5.14 Å². The number of aromatic nitrogens is 2. The van der Waals surface area contributed by atoms with Crippen molar-refractivity contribution in [2.75, 3.05) is 5.32 Å². The lowest BCUT2D eigenvalue weighted by Gasteiger charge is -2.07. The van der Waals surface area contributed by atoms with Crippen LogP contribution in [0.15, 0.2) is 28.6 Å². The van der Waals surface area contributed by atoms with E-state index in [1.807, 2.05) is 0 Å². The molecule has 114 valence electrons. The molecular formula is C10H9F3N4O2S2. The quantitative estimate of drug-likeness (QED) is 0.886. The van der Waals surface area contributed by atoms with Crippen molar-refractivity contribution in [1.29, 1.82) is 0 Å². The summed E-state index contributed by atoms with van der Waals surface area (Å²) in [4.78, 5) is 0. The van der Waals surface area contributed by atoms with E-state index in [9.17, 15) is 21.6 Å². The molecule has 0 radical (unpaired) electrons. The summed E-state index contributed by atoms with van der Waals surface area (Å²) < 4.78 is 58.8. The molecule has 0 fully saturated rings. The van der Waals surface area contributed by atoms with E-state index in [1.54, 1.807) is 0 Å². The minimum atomic E-state index is -4.38. The monoisotopic (exact) mass is 338 g/mol. The summed E-state index contributed by atoms with van der Waals surface area (Å²) in [6, 6.07) is 4.56. The molecule has 1 aromatic heterocycles. The Morgan fingerprint density at radius 3 is 2.29 bits per heavy atom. The molecule has 0 unspecified atom stereocenters. The van der Waals surface area contributed by atoms with Crippen molar-refractivity contribution in [1.82, 2.24) is 10.2 Å². The van der Waals surface area contributed by atoms with Gasteiger partial charge in [0.05, 0.1) is 5.56 Å². The summed E-state index contributed by atoms with van der Waals surface area (Å²) in [6.07, 6.45) is -4.38. The number of nitrogens with zero attached hydrogens (tertiary/aromatic N) is 2. The average Bonchev–Trinajstić information content (AvgIpc) is 2.84. The second-order valence-electron chi connectivity index (χ2n) is 3.97. The highest BCUT2D eigenvalue weighted by atomic mass is 32.2. The number of nitrogens with two attached hydrogens (primary N) is 1. The van der Waals surface area contributed by atoms with Crippen molar-refractivity contribution < 1.29 is 21.6 Å². The van der Waals surface area contributed by atoms with Crippen LogP contribution in [0.5, 0.6) is 0 Å². The van der Waals surface area contributed by atoms with Gasteiger partial charge in [0.2, 0.25) is 9.47 Å². The average molecular weight is 338 g/mol. The van der Waals surface area contributed by atoms with E-state index < -0.39 is 21.8 Å². The second kappa shape index (κ2) is 5.58. The molecule has 0 saturated heterocycles. The molecule has 21 heavy (non-hydrogen) atoms. The summed E-state index contributed by atoms with van der Waals surface area (Å²) in [5.74, 6) is 0. The van der Waals surface area contributed by atoms with Crippen LogP contribution in [0.4, 0.5) is 18.3 Å². The number of primary sulfonamides is 1. The molecule has 2 rings (SSSR count). The van der Waals surface area contributed by atoms with Crippen molar-refractivity contribution >= 4 is 26.5 Å². The Hall–Kier alpha value is -1.72. The van der Waals surface area contributed by atoms with Crippen LogP contribution in [-0.2, 0) is 22.7 Å². The topological polar surface area (TPSA) is 98.0 Å². The van der Waals surface area contributed by atoms with Gasteiger partial charge in [0, 0.05) is 6.54 Å². The molecule has 6 nitrogen and oxygen atoms in total. The molecule has 0 aliphatic carbocycles. The largest absolute Gasteiger partial charge is 0.416 e. The minimum Gasteiger partial charge on any atom is -0.356 e. The zero-order valence-corrected chi connectivity index (χ0v) is 11.9. The molecule has 0 aliphatic heterocycles. The third-order valence-electron chi connectivity index (χ3n) is 2.37. The molecule has 0 atom stereocenters. The number of hydrogen-bond donors (Lipinski definition) is 2. The number of halogens is 3. The predicted molar refractivity (Wildman–Crippen MR) is 70.1 cm³/mol. The third-order valence-corrected chi connectivity index (χ3v) is 4.57. The summed E-state index contributed by atoms with van der Waals surface area (Å²) in [5, 5.41) is 14.8. The standard InChI is InChI=1S/C10H9F3N4O2S2/c11-10(12,13)7-3-1-6(2-4-7)5-15-8-16-17-9(20-8)21(14,18)19/h1-4H,5H2,(H,15,16)(H2,14,18,19). The molecule has 0 bridgehead atoms. The molecular weight excluding hydrogens is 329 g/mol. The number of nitrogens with one attached hydrogen (secondary N) is 1. The highest BCUT2D eigenvalue weighted by Crippen LogP contribution is 2.29. The van der Waals surface area contributed by atoms with E-state index >= 15 is 0 Å². The van der Waals surface area contributed by atoms with Gasteiger partial charge in [-0.05, 0) is 17.7 Å². The Bertz CT molecular complexity index is 726. The van der Waals surface area contributed by atoms with Gasteiger partial charge in [-0.2, -0.15) is 13.2 Å². The lowest BCUT2D eigenvalue weighted by Crippen LogP contribution is -2.11. The third kappa shape index (κ3) is 4.12. The van der Waals surface area contributed by atoms with E-state index in [1.165, 1.54) is 12.1 Å². The molecule has 3 N–H and O–H groups in total. The number of alkyl halides is 3. The lowest BCUT2D eigenvalue weighted by atomic mass is 10.1. The molecule has 0 amide bonds. The maximum Gasteiger partial charge on any atom is 0.416 e. The fourth-order valence-corrected chi connectivity index (χ4v) is 2.71. The summed E-state index contributed by atoms with van der Waals surface area (Å²) >= 11 is 0.740. The van der Waals surface area contributed by atoms with Crippen LogP contribution < -0.4 is 10.5 Å². The predicted octanol–water partition coefficient (Wildman–Crippen LogP) is 1.82. The zero-order valence-electron chi connectivity index (χ0n) is 10.3. The van der Waals surface area contributed by atoms with Gasteiger partial charge >= 0.3 is 6.18 Å². The van der Waals surface area contributed by atoms with Crippen LogP contribution in [0, 0.1) is 0 Å². The van der Waals surface area contributed by atoms with E-state index in [4.69, 9.17) is 5.14 Å². The second-order valence-corrected chi connectivity index (χ2v) is 6.68. The zero-order chi connectivity index (χ0) is 15.7. The van der Waals surface area contributed by atoms with Gasteiger partial charge in [0.15, 0.2) is 0 Å². The van der Waals surface area contributed by atoms with Gasteiger partial charge < -0.3 is 5.32 Å². The molecule has 0 saturated carbocycles. The SMILES string of the molecule is NS(=O)(=O)c1nnc(NCc2ccc(C(F)(F)F)cc2)s1. The van der Waals surface area contributed by atoms with Gasteiger partial charge in [0.25, 0.3) is 10.0 Å². The van der Waals surface area contributed by atoms with Crippen LogP contribution in [0.1, 0.15) is 11.1 Å². The maximum absolute atomic E-state index is 12.4. The molecule has 2 aromatic rings. The van der Waals surface area contributed by atoms with E-state index in [-0.39, 0.29) is 16.0 Å². The Balaban J connectivity index is 2.02. The van der Waals surface area contributed by atoms with Gasteiger partial charge in [-0.3, -0.25) is 0 Å². The van der Waals surface area contributed by atoms with Crippen molar-refractivity contribution in [3.63, 3.8) is 0 Å². The summed E-state index contributed by atoms with van der Waals surface area (Å²) in [6.45, 7) is 0.178. The van der Waals surface area contributed by atoms with E-state index in [2.05, 4.69) is 15.5 Å². The molecule has 0 spiro atoms. The van der Waals surface area contributed by atoms with Gasteiger partial charge in [-0.15, -0.1) is 10.2 Å². The first-order chi connectivity index (χ1) is 9.66. The maximum atomic E-state index is 12.4. The fraction of sp³-hybridized carbons (Fsp3) is 0.200. The number of hydrogen-bond acceptors (Lipinski definition) is 6. The first-order valence-electron chi connectivity index (χ1n) is 5.42. The van der Waals surface area contributed by atoms with E-state index in [0.29, 0.717) is 5.56 Å². The Labute approximate surface area is 121 Å². The minimum absolute atomic E-state index is 0.178. The number of benzene rings is 1. The van der Waals surface area contributed by atoms with Crippen molar-refractivity contribution in [3.8, 4) is 0 Å². The van der Waals surface area contributed by atoms with Gasteiger partial charge in [0.1, 0.15) is 0 Å².